The maximum Gasteiger partial charge on any atom is 0.335 e. The second-order valence-electron chi connectivity index (χ2n) is 6.56. The van der Waals surface area contributed by atoms with Gasteiger partial charge in [-0.2, -0.15) is 0 Å². The van der Waals surface area contributed by atoms with Crippen molar-refractivity contribution in [2.45, 2.75) is 38.8 Å². The number of esters is 1. The van der Waals surface area contributed by atoms with E-state index >= 15 is 0 Å². The average Bonchev–Trinajstić information content (AvgIpc) is 2.84. The van der Waals surface area contributed by atoms with Crippen molar-refractivity contribution in [2.75, 3.05) is 13.1 Å². The molecule has 0 aliphatic carbocycles. The van der Waals surface area contributed by atoms with Crippen LogP contribution in [0, 0.1) is 0 Å². The van der Waals surface area contributed by atoms with Gasteiger partial charge in [-0.15, -0.1) is 0 Å². The number of nitrogens with zero attached hydrogens (tertiary/aromatic N) is 1. The van der Waals surface area contributed by atoms with E-state index in [9.17, 15) is 14.4 Å². The molecular weight excluding hydrogens is 320 g/mol. The van der Waals surface area contributed by atoms with Crippen molar-refractivity contribution < 1.29 is 19.1 Å². The zero-order chi connectivity index (χ0) is 18.0. The Morgan fingerprint density at radius 1 is 1.20 bits per heavy atom. The lowest BCUT2D eigenvalue weighted by Gasteiger charge is -2.39. The number of carbonyl (C=O) groups is 3. The van der Waals surface area contributed by atoms with Gasteiger partial charge in [-0.05, 0) is 12.5 Å². The van der Waals surface area contributed by atoms with Gasteiger partial charge in [-0.1, -0.05) is 30.3 Å². The van der Waals surface area contributed by atoms with Gasteiger partial charge in [0, 0.05) is 45.0 Å². The molecule has 3 rings (SSSR count). The van der Waals surface area contributed by atoms with E-state index in [1.54, 1.807) is 11.8 Å². The van der Waals surface area contributed by atoms with Crippen LogP contribution in [-0.4, -0.2) is 41.4 Å². The van der Waals surface area contributed by atoms with Crippen LogP contribution in [0.4, 0.5) is 0 Å². The molecule has 0 unspecified atom stereocenters. The molecule has 1 saturated heterocycles. The number of nitrogens with one attached hydrogen (secondary N) is 1. The Labute approximate surface area is 146 Å². The summed E-state index contributed by atoms with van der Waals surface area (Å²) in [7, 11) is 0. The van der Waals surface area contributed by atoms with Crippen molar-refractivity contribution in [2.24, 2.45) is 0 Å². The Bertz CT molecular complexity index is 731. The Kier molecular flexibility index (Phi) is 4.61. The smallest absolute Gasteiger partial charge is 0.335 e. The van der Waals surface area contributed by atoms with Gasteiger partial charge >= 0.3 is 5.97 Å². The summed E-state index contributed by atoms with van der Waals surface area (Å²) in [6.45, 7) is 4.50. The van der Waals surface area contributed by atoms with Gasteiger partial charge in [-0.3, -0.25) is 9.59 Å². The van der Waals surface area contributed by atoms with E-state index in [1.807, 2.05) is 30.3 Å². The third-order valence-electron chi connectivity index (χ3n) is 4.96. The zero-order valence-electron chi connectivity index (χ0n) is 14.5. The van der Waals surface area contributed by atoms with Crippen LogP contribution in [0.15, 0.2) is 41.5 Å². The molecule has 25 heavy (non-hydrogen) atoms. The van der Waals surface area contributed by atoms with Crippen molar-refractivity contribution in [1.29, 1.82) is 0 Å². The van der Waals surface area contributed by atoms with Crippen molar-refractivity contribution in [3.05, 3.63) is 47.0 Å². The highest BCUT2D eigenvalue weighted by Gasteiger charge is 2.50. The molecule has 0 radical (unpaired) electrons. The molecule has 132 valence electrons. The average molecular weight is 342 g/mol. The van der Waals surface area contributed by atoms with Crippen LogP contribution in [0.25, 0.3) is 0 Å². The van der Waals surface area contributed by atoms with Crippen LogP contribution in [0.1, 0.15) is 32.3 Å². The minimum Gasteiger partial charge on any atom is -0.450 e. The zero-order valence-corrected chi connectivity index (χ0v) is 14.5. The second kappa shape index (κ2) is 6.70. The first-order chi connectivity index (χ1) is 11.9. The molecule has 0 aromatic heterocycles. The van der Waals surface area contributed by atoms with Gasteiger partial charge in [0.05, 0.1) is 5.57 Å². The number of hydrogen-bond acceptors (Lipinski definition) is 4. The Morgan fingerprint density at radius 2 is 1.84 bits per heavy atom. The van der Waals surface area contributed by atoms with E-state index in [0.717, 1.165) is 5.56 Å². The van der Waals surface area contributed by atoms with E-state index in [1.165, 1.54) is 6.92 Å². The number of likely N-dealkylation sites (tertiary alicyclic amines) is 1. The second-order valence-corrected chi connectivity index (χ2v) is 6.56. The third kappa shape index (κ3) is 3.29. The molecule has 1 N–H and O–H groups in total. The van der Waals surface area contributed by atoms with E-state index in [4.69, 9.17) is 4.74 Å². The number of carbonyl (C=O) groups excluding carboxylic acids is 3. The lowest BCUT2D eigenvalue weighted by molar-refractivity contribution is -0.152. The molecular formula is C19H22N2O4. The number of piperidine rings is 1. The molecule has 0 saturated carbocycles. The molecule has 0 bridgehead atoms. The summed E-state index contributed by atoms with van der Waals surface area (Å²) < 4.78 is 5.60. The SMILES string of the molecule is CC(=O)N1CCC2(CC1)OC(=O)C(C)=C2C(=O)NCc1ccccc1. The third-order valence-corrected chi connectivity index (χ3v) is 4.96. The number of ether oxygens (including phenoxy) is 1. The fraction of sp³-hybridized carbons (Fsp3) is 0.421. The lowest BCUT2D eigenvalue weighted by Crippen LogP contribution is -2.49. The van der Waals surface area contributed by atoms with Crippen molar-refractivity contribution in [3.63, 3.8) is 0 Å². The quantitative estimate of drug-likeness (QED) is 0.846. The van der Waals surface area contributed by atoms with Crippen LogP contribution in [0.3, 0.4) is 0 Å². The summed E-state index contributed by atoms with van der Waals surface area (Å²) in [5.74, 6) is -0.723. The molecule has 1 fully saturated rings. The number of benzene rings is 1. The highest BCUT2D eigenvalue weighted by atomic mass is 16.6. The number of rotatable bonds is 3. The van der Waals surface area contributed by atoms with E-state index < -0.39 is 11.6 Å². The van der Waals surface area contributed by atoms with Crippen LogP contribution in [0.5, 0.6) is 0 Å². The Morgan fingerprint density at radius 3 is 2.44 bits per heavy atom. The van der Waals surface area contributed by atoms with Gasteiger partial charge in [0.15, 0.2) is 0 Å². The first kappa shape index (κ1) is 17.2. The Balaban J connectivity index is 1.76. The van der Waals surface area contributed by atoms with E-state index in [0.29, 0.717) is 43.6 Å². The maximum absolute atomic E-state index is 12.8. The molecule has 1 aromatic carbocycles. The van der Waals surface area contributed by atoms with Crippen molar-refractivity contribution >= 4 is 17.8 Å². The van der Waals surface area contributed by atoms with Crippen LogP contribution < -0.4 is 5.32 Å². The molecule has 1 aromatic rings. The highest BCUT2D eigenvalue weighted by Crippen LogP contribution is 2.41. The number of hydrogen-bond donors (Lipinski definition) is 1. The monoisotopic (exact) mass is 342 g/mol. The van der Waals surface area contributed by atoms with Gasteiger partial charge in [-0.25, -0.2) is 4.79 Å². The highest BCUT2D eigenvalue weighted by molar-refractivity contribution is 6.07. The molecule has 2 aliphatic heterocycles. The standard InChI is InChI=1S/C19H22N2O4/c1-13-16(17(23)20-12-15-6-4-3-5-7-15)19(25-18(13)24)8-10-21(11-9-19)14(2)22/h3-7H,8-12H2,1-2H3,(H,20,23). The first-order valence-electron chi connectivity index (χ1n) is 8.45. The number of amides is 2. The topological polar surface area (TPSA) is 75.7 Å². The molecule has 6 nitrogen and oxygen atoms in total. The van der Waals surface area contributed by atoms with Gasteiger partial charge < -0.3 is 15.0 Å². The largest absolute Gasteiger partial charge is 0.450 e. The molecule has 0 atom stereocenters. The lowest BCUT2D eigenvalue weighted by atomic mass is 9.82. The van der Waals surface area contributed by atoms with Crippen LogP contribution in [0.2, 0.25) is 0 Å². The summed E-state index contributed by atoms with van der Waals surface area (Å²) in [5.41, 5.74) is 0.853. The predicted molar refractivity (Wildman–Crippen MR) is 91.3 cm³/mol. The minimum atomic E-state index is -0.909. The maximum atomic E-state index is 12.8. The van der Waals surface area contributed by atoms with Crippen molar-refractivity contribution in [1.82, 2.24) is 10.2 Å². The fourth-order valence-electron chi connectivity index (χ4n) is 3.53. The van der Waals surface area contributed by atoms with Gasteiger partial charge in [0.1, 0.15) is 5.60 Å². The Hall–Kier alpha value is -2.63. The fourth-order valence-corrected chi connectivity index (χ4v) is 3.53. The summed E-state index contributed by atoms with van der Waals surface area (Å²) in [5, 5.41) is 2.89. The summed E-state index contributed by atoms with van der Waals surface area (Å²) in [6.07, 6.45) is 0.896. The predicted octanol–water partition coefficient (Wildman–Crippen LogP) is 1.56. The van der Waals surface area contributed by atoms with E-state index in [-0.39, 0.29) is 11.8 Å². The van der Waals surface area contributed by atoms with E-state index in [2.05, 4.69) is 5.32 Å². The summed E-state index contributed by atoms with van der Waals surface area (Å²) in [4.78, 5) is 38.1. The minimum absolute atomic E-state index is 0.00467. The molecule has 2 heterocycles. The summed E-state index contributed by atoms with van der Waals surface area (Å²) >= 11 is 0. The molecule has 1 spiro atoms. The first-order valence-corrected chi connectivity index (χ1v) is 8.45. The molecule has 2 aliphatic rings. The van der Waals surface area contributed by atoms with Crippen LogP contribution in [-0.2, 0) is 25.7 Å². The molecule has 2 amide bonds. The molecule has 6 heteroatoms. The summed E-state index contributed by atoms with van der Waals surface area (Å²) in [6, 6.07) is 9.59. The van der Waals surface area contributed by atoms with Crippen LogP contribution >= 0.6 is 0 Å². The van der Waals surface area contributed by atoms with Gasteiger partial charge in [0.25, 0.3) is 5.91 Å². The van der Waals surface area contributed by atoms with Gasteiger partial charge in [0.2, 0.25) is 5.91 Å². The normalized spacial score (nSPS) is 19.1. The van der Waals surface area contributed by atoms with Crippen molar-refractivity contribution in [3.8, 4) is 0 Å².